The molecule has 8 nitrogen and oxygen atoms in total. The molecular formula is C22H29N5O3. The van der Waals surface area contributed by atoms with Crippen LogP contribution in [0.1, 0.15) is 50.0 Å². The molecular weight excluding hydrogens is 382 g/mol. The van der Waals surface area contributed by atoms with Gasteiger partial charge in [0.05, 0.1) is 6.33 Å². The van der Waals surface area contributed by atoms with Gasteiger partial charge in [-0.2, -0.15) is 0 Å². The third-order valence-corrected chi connectivity index (χ3v) is 5.67. The third-order valence-electron chi connectivity index (χ3n) is 5.67. The van der Waals surface area contributed by atoms with E-state index in [2.05, 4.69) is 35.3 Å². The molecule has 0 unspecified atom stereocenters. The van der Waals surface area contributed by atoms with E-state index in [4.69, 9.17) is 5.73 Å². The number of carbonyl (C=O) groups excluding carboxylic acids is 1. The molecule has 1 aliphatic carbocycles. The molecule has 0 radical (unpaired) electrons. The van der Waals surface area contributed by atoms with Gasteiger partial charge in [-0.15, -0.1) is 0 Å². The summed E-state index contributed by atoms with van der Waals surface area (Å²) in [6, 6.07) is 11.0. The van der Waals surface area contributed by atoms with Crippen molar-refractivity contribution in [2.24, 2.45) is 19.8 Å². The van der Waals surface area contributed by atoms with E-state index in [9.17, 15) is 14.4 Å². The zero-order valence-electron chi connectivity index (χ0n) is 17.6. The fraction of sp³-hybridized carbons (Fsp3) is 0.455. The molecule has 1 amide bonds. The molecule has 1 saturated carbocycles. The number of carbonyl (C=O) groups is 1. The second kappa shape index (κ2) is 9.56. The van der Waals surface area contributed by atoms with Crippen molar-refractivity contribution >= 4 is 17.1 Å². The summed E-state index contributed by atoms with van der Waals surface area (Å²) in [6.07, 6.45) is 9.89. The summed E-state index contributed by atoms with van der Waals surface area (Å²) in [6.45, 7) is -0.149. The van der Waals surface area contributed by atoms with Gasteiger partial charge in [0.2, 0.25) is 5.91 Å². The van der Waals surface area contributed by atoms with E-state index in [1.165, 1.54) is 68.1 Å². The maximum atomic E-state index is 11.9. The molecule has 2 aromatic heterocycles. The first kappa shape index (κ1) is 21.5. The van der Waals surface area contributed by atoms with Gasteiger partial charge in [0, 0.05) is 14.1 Å². The van der Waals surface area contributed by atoms with Gasteiger partial charge < -0.3 is 10.3 Å². The summed E-state index contributed by atoms with van der Waals surface area (Å²) in [4.78, 5) is 38.3. The van der Waals surface area contributed by atoms with Crippen molar-refractivity contribution in [3.8, 4) is 0 Å². The van der Waals surface area contributed by atoms with E-state index < -0.39 is 17.2 Å². The van der Waals surface area contributed by atoms with Gasteiger partial charge in [0.1, 0.15) is 6.54 Å². The number of nitrogens with zero attached hydrogens (tertiary/aromatic N) is 4. The van der Waals surface area contributed by atoms with Crippen LogP contribution >= 0.6 is 0 Å². The lowest BCUT2D eigenvalue weighted by molar-refractivity contribution is -0.118. The van der Waals surface area contributed by atoms with Crippen LogP contribution in [-0.2, 0) is 25.4 Å². The summed E-state index contributed by atoms with van der Waals surface area (Å²) < 4.78 is 3.54. The van der Waals surface area contributed by atoms with Crippen molar-refractivity contribution in [2.45, 2.75) is 51.0 Å². The Morgan fingerprint density at radius 3 is 2.27 bits per heavy atom. The topological polar surface area (TPSA) is 105 Å². The molecule has 30 heavy (non-hydrogen) atoms. The summed E-state index contributed by atoms with van der Waals surface area (Å²) in [5.41, 5.74) is 6.09. The smallest absolute Gasteiger partial charge is 0.332 e. The van der Waals surface area contributed by atoms with Crippen LogP contribution in [0.5, 0.6) is 0 Å². The minimum Gasteiger partial charge on any atom is -0.368 e. The predicted octanol–water partition coefficient (Wildman–Crippen LogP) is 2.04. The van der Waals surface area contributed by atoms with Crippen LogP contribution in [0.15, 0.2) is 46.2 Å². The number of aromatic nitrogens is 4. The lowest BCUT2D eigenvalue weighted by Gasteiger charge is -2.13. The fourth-order valence-corrected chi connectivity index (χ4v) is 4.02. The van der Waals surface area contributed by atoms with Crippen molar-refractivity contribution in [3.05, 3.63) is 63.1 Å². The first-order chi connectivity index (χ1) is 14.4. The van der Waals surface area contributed by atoms with E-state index in [1.807, 2.05) is 0 Å². The number of hydrogen-bond donors (Lipinski definition) is 1. The Morgan fingerprint density at radius 1 is 1.03 bits per heavy atom. The molecule has 1 fully saturated rings. The van der Waals surface area contributed by atoms with Crippen molar-refractivity contribution in [3.63, 3.8) is 0 Å². The number of imidazole rings is 1. The molecule has 160 valence electrons. The van der Waals surface area contributed by atoms with Gasteiger partial charge in [-0.3, -0.25) is 18.7 Å². The Labute approximate surface area is 175 Å². The van der Waals surface area contributed by atoms with Gasteiger partial charge in [-0.1, -0.05) is 56.0 Å². The number of amides is 1. The van der Waals surface area contributed by atoms with Gasteiger partial charge >= 0.3 is 5.69 Å². The molecule has 0 saturated heterocycles. The number of aryl methyl sites for hydroxylation is 1. The van der Waals surface area contributed by atoms with Crippen LogP contribution in [-0.4, -0.2) is 24.6 Å². The molecule has 1 aliphatic rings. The minimum atomic E-state index is -0.583. The second-order valence-corrected chi connectivity index (χ2v) is 7.82. The first-order valence-corrected chi connectivity index (χ1v) is 10.3. The predicted molar refractivity (Wildman–Crippen MR) is 116 cm³/mol. The first-order valence-electron chi connectivity index (χ1n) is 10.3. The molecule has 0 aliphatic heterocycles. The van der Waals surface area contributed by atoms with Crippen LogP contribution in [0.2, 0.25) is 0 Å². The van der Waals surface area contributed by atoms with E-state index in [1.54, 1.807) is 5.56 Å². The maximum Gasteiger partial charge on any atom is 0.332 e. The zero-order valence-corrected chi connectivity index (χ0v) is 17.6. The molecule has 4 rings (SSSR count). The normalized spacial score (nSPS) is 14.7. The highest BCUT2D eigenvalue weighted by molar-refractivity contribution is 5.77. The van der Waals surface area contributed by atoms with E-state index in [0.717, 1.165) is 10.5 Å². The number of primary amides is 1. The number of nitrogens with two attached hydrogens (primary N) is 1. The van der Waals surface area contributed by atoms with Gasteiger partial charge in [-0.25, -0.2) is 9.78 Å². The van der Waals surface area contributed by atoms with Crippen LogP contribution < -0.4 is 17.0 Å². The largest absolute Gasteiger partial charge is 0.368 e. The minimum absolute atomic E-state index is 0.149. The Morgan fingerprint density at radius 2 is 1.67 bits per heavy atom. The van der Waals surface area contributed by atoms with Crippen LogP contribution in [0, 0.1) is 0 Å². The van der Waals surface area contributed by atoms with E-state index in [-0.39, 0.29) is 17.7 Å². The highest BCUT2D eigenvalue weighted by Crippen LogP contribution is 2.31. The lowest BCUT2D eigenvalue weighted by Crippen LogP contribution is -2.37. The van der Waals surface area contributed by atoms with E-state index in [0.29, 0.717) is 0 Å². The molecule has 1 aromatic carbocycles. The second-order valence-electron chi connectivity index (χ2n) is 7.82. The van der Waals surface area contributed by atoms with Crippen molar-refractivity contribution in [1.82, 2.24) is 18.7 Å². The monoisotopic (exact) mass is 411 g/mol. The quantitative estimate of drug-likeness (QED) is 0.666. The number of rotatable bonds is 3. The number of fused-ring (bicyclic) bond motifs is 1. The van der Waals surface area contributed by atoms with E-state index >= 15 is 0 Å². The van der Waals surface area contributed by atoms with Crippen LogP contribution in [0.25, 0.3) is 11.2 Å². The van der Waals surface area contributed by atoms with Gasteiger partial charge in [-0.05, 0) is 24.3 Å². The van der Waals surface area contributed by atoms with Crippen molar-refractivity contribution < 1.29 is 4.79 Å². The highest BCUT2D eigenvalue weighted by Gasteiger charge is 2.15. The molecule has 0 bridgehead atoms. The lowest BCUT2D eigenvalue weighted by atomic mass is 9.92. The molecule has 8 heteroatoms. The summed E-state index contributed by atoms with van der Waals surface area (Å²) in [5.74, 6) is 0.268. The maximum absolute atomic E-state index is 11.9. The average molecular weight is 412 g/mol. The molecule has 3 aromatic rings. The Bertz CT molecular complexity index is 1120. The summed E-state index contributed by atoms with van der Waals surface area (Å²) in [7, 11) is 2.87. The Kier molecular flexibility index (Phi) is 6.87. The Hall–Kier alpha value is -3.16. The SMILES string of the molecule is Cn1c(=O)c2c(ncn2CC(N)=O)n(C)c1=O.c1ccc(C2CCCCCC2)cc1. The van der Waals surface area contributed by atoms with Crippen LogP contribution in [0.3, 0.4) is 0 Å². The average Bonchev–Trinajstić information content (AvgIpc) is 2.97. The molecule has 2 heterocycles. The van der Waals surface area contributed by atoms with Gasteiger partial charge in [0.25, 0.3) is 5.56 Å². The van der Waals surface area contributed by atoms with Crippen molar-refractivity contribution in [2.75, 3.05) is 0 Å². The molecule has 0 atom stereocenters. The summed E-state index contributed by atoms with van der Waals surface area (Å²) >= 11 is 0. The number of hydrogen-bond acceptors (Lipinski definition) is 4. The third kappa shape index (κ3) is 4.69. The fourth-order valence-electron chi connectivity index (χ4n) is 4.02. The van der Waals surface area contributed by atoms with Gasteiger partial charge in [0.15, 0.2) is 11.2 Å². The number of benzene rings is 1. The highest BCUT2D eigenvalue weighted by atomic mass is 16.2. The molecule has 0 spiro atoms. The zero-order chi connectivity index (χ0) is 21.7. The summed E-state index contributed by atoms with van der Waals surface area (Å²) in [5, 5.41) is 0. The Balaban J connectivity index is 0.000000177. The van der Waals surface area contributed by atoms with Crippen LogP contribution in [0.4, 0.5) is 0 Å². The van der Waals surface area contributed by atoms with Crippen molar-refractivity contribution in [1.29, 1.82) is 0 Å². The molecule has 2 N–H and O–H groups in total. The standard InChI is InChI=1S/C13H18.C9H11N5O3/c1-2-5-9-12(8-4-1)13-10-6-3-7-11-13;1-12-7-6(8(16)13(2)9(12)17)14(4-11-7)3-5(10)15/h3,6-7,10-12H,1-2,4-5,8-9H2;4H,3H2,1-2H3,(H2,10,15).